The van der Waals surface area contributed by atoms with Gasteiger partial charge in [-0.2, -0.15) is 0 Å². The van der Waals surface area contributed by atoms with Gasteiger partial charge in [0.15, 0.2) is 0 Å². The zero-order valence-electron chi connectivity index (χ0n) is 13.9. The van der Waals surface area contributed by atoms with Crippen LogP contribution >= 0.6 is 15.9 Å². The molecule has 2 N–H and O–H groups in total. The number of halogens is 1. The van der Waals surface area contributed by atoms with Gasteiger partial charge in [-0.1, -0.05) is 15.9 Å². The second-order valence-electron chi connectivity index (χ2n) is 5.27. The minimum Gasteiger partial charge on any atom is -0.478 e. The number of carbonyl (C=O) groups is 1. The number of nitrogens with one attached hydrogen (secondary N) is 1. The van der Waals surface area contributed by atoms with Crippen LogP contribution in [0.5, 0.6) is 0 Å². The Balaban J connectivity index is 2.38. The van der Waals surface area contributed by atoms with Crippen molar-refractivity contribution < 1.29 is 18.3 Å². The molecule has 2 aromatic carbocycles. The molecule has 0 radical (unpaired) electrons. The van der Waals surface area contributed by atoms with Gasteiger partial charge in [0.1, 0.15) is 0 Å². The highest BCUT2D eigenvalue weighted by molar-refractivity contribution is 9.10. The average Bonchev–Trinajstić information content (AvgIpc) is 2.57. The molecule has 0 fully saturated rings. The van der Waals surface area contributed by atoms with E-state index in [1.54, 1.807) is 24.3 Å². The van der Waals surface area contributed by atoms with Crippen LogP contribution < -0.4 is 9.62 Å². The third-order valence-corrected chi connectivity index (χ3v) is 5.63. The lowest BCUT2D eigenvalue weighted by molar-refractivity contribution is 0.0697. The molecule has 25 heavy (non-hydrogen) atoms. The summed E-state index contributed by atoms with van der Waals surface area (Å²) in [6.07, 6.45) is 0. The molecule has 0 saturated carbocycles. The zero-order valence-corrected chi connectivity index (χ0v) is 16.3. The Morgan fingerprint density at radius 2 is 1.72 bits per heavy atom. The van der Waals surface area contributed by atoms with Gasteiger partial charge in [-0.15, -0.1) is 0 Å². The molecule has 2 aromatic rings. The maximum absolute atomic E-state index is 12.4. The van der Waals surface area contributed by atoms with Crippen LogP contribution in [-0.2, 0) is 10.0 Å². The number of anilines is 2. The van der Waals surface area contributed by atoms with Crippen LogP contribution in [0, 0.1) is 0 Å². The Hall–Kier alpha value is -2.06. The summed E-state index contributed by atoms with van der Waals surface area (Å²) in [5.74, 6) is -1.11. The van der Waals surface area contributed by atoms with E-state index in [0.29, 0.717) is 18.8 Å². The molecule has 0 aliphatic carbocycles. The monoisotopic (exact) mass is 426 g/mol. The van der Waals surface area contributed by atoms with Gasteiger partial charge in [-0.25, -0.2) is 13.2 Å². The molecule has 134 valence electrons. The number of carboxylic acids is 1. The smallest absolute Gasteiger partial charge is 0.337 e. The number of aromatic carboxylic acids is 1. The average molecular weight is 427 g/mol. The Bertz CT molecular complexity index is 863. The van der Waals surface area contributed by atoms with Crippen LogP contribution in [0.3, 0.4) is 0 Å². The normalized spacial score (nSPS) is 11.2. The third-order valence-electron chi connectivity index (χ3n) is 3.71. The third kappa shape index (κ3) is 4.52. The molecule has 0 heterocycles. The van der Waals surface area contributed by atoms with Gasteiger partial charge in [0.25, 0.3) is 10.0 Å². The summed E-state index contributed by atoms with van der Waals surface area (Å²) in [5, 5.41) is 9.47. The van der Waals surface area contributed by atoms with Gasteiger partial charge in [-0.3, -0.25) is 4.72 Å². The fraction of sp³-hybridized carbons (Fsp3) is 0.235. The zero-order chi connectivity index (χ0) is 18.6. The Morgan fingerprint density at radius 1 is 1.12 bits per heavy atom. The van der Waals surface area contributed by atoms with Crippen molar-refractivity contribution in [1.82, 2.24) is 0 Å². The summed E-state index contributed by atoms with van der Waals surface area (Å²) in [6.45, 7) is 5.17. The van der Waals surface area contributed by atoms with Crippen LogP contribution in [-0.4, -0.2) is 32.6 Å². The van der Waals surface area contributed by atoms with E-state index in [4.69, 9.17) is 0 Å². The van der Waals surface area contributed by atoms with Gasteiger partial charge < -0.3 is 10.0 Å². The highest BCUT2D eigenvalue weighted by atomic mass is 79.9. The quantitative estimate of drug-likeness (QED) is 0.702. The molecular formula is C17H19BrN2O4S. The Morgan fingerprint density at radius 3 is 2.24 bits per heavy atom. The molecule has 0 atom stereocenters. The summed E-state index contributed by atoms with van der Waals surface area (Å²) >= 11 is 3.25. The van der Waals surface area contributed by atoms with Crippen molar-refractivity contribution in [3.05, 3.63) is 52.5 Å². The Labute approximate surface area is 155 Å². The SMILES string of the molecule is CCN(CC)c1ccc(NS(=O)(=O)c2ccc(Br)cc2)cc1C(=O)O. The summed E-state index contributed by atoms with van der Waals surface area (Å²) in [7, 11) is -3.79. The van der Waals surface area contributed by atoms with E-state index in [9.17, 15) is 18.3 Å². The maximum Gasteiger partial charge on any atom is 0.337 e. The van der Waals surface area contributed by atoms with Crippen molar-refractivity contribution in [3.8, 4) is 0 Å². The standard InChI is InChI=1S/C17H19BrN2O4S/c1-3-20(4-2)16-10-7-13(11-15(16)17(21)22)19-25(23,24)14-8-5-12(18)6-9-14/h5-11,19H,3-4H2,1-2H3,(H,21,22). The molecule has 0 bridgehead atoms. The lowest BCUT2D eigenvalue weighted by atomic mass is 10.1. The molecule has 6 nitrogen and oxygen atoms in total. The second-order valence-corrected chi connectivity index (χ2v) is 7.87. The number of nitrogens with zero attached hydrogens (tertiary/aromatic N) is 1. The van der Waals surface area contributed by atoms with Crippen LogP contribution in [0.25, 0.3) is 0 Å². The van der Waals surface area contributed by atoms with Crippen LogP contribution in [0.4, 0.5) is 11.4 Å². The molecule has 2 rings (SSSR count). The molecule has 0 spiro atoms. The molecule has 8 heteroatoms. The summed E-state index contributed by atoms with van der Waals surface area (Å²) in [6, 6.07) is 10.7. The minimum atomic E-state index is -3.79. The van der Waals surface area contributed by atoms with Gasteiger partial charge in [0, 0.05) is 23.2 Å². The molecule has 0 aliphatic heterocycles. The van der Waals surface area contributed by atoms with Crippen molar-refractivity contribution in [2.24, 2.45) is 0 Å². The number of carboxylic acid groups (broad SMARTS) is 1. The molecular weight excluding hydrogens is 408 g/mol. The van der Waals surface area contributed by atoms with E-state index in [0.717, 1.165) is 4.47 Å². The number of sulfonamides is 1. The molecule has 0 unspecified atom stereocenters. The number of rotatable bonds is 7. The van der Waals surface area contributed by atoms with Crippen molar-refractivity contribution in [3.63, 3.8) is 0 Å². The van der Waals surface area contributed by atoms with Crippen LogP contribution in [0.2, 0.25) is 0 Å². The second kappa shape index (κ2) is 7.88. The van der Waals surface area contributed by atoms with Gasteiger partial charge in [0.2, 0.25) is 0 Å². The van der Waals surface area contributed by atoms with Crippen LogP contribution in [0.15, 0.2) is 51.8 Å². The summed E-state index contributed by atoms with van der Waals surface area (Å²) in [5.41, 5.74) is 0.819. The predicted octanol–water partition coefficient (Wildman–Crippen LogP) is 3.79. The first-order valence-electron chi connectivity index (χ1n) is 7.69. The molecule has 0 aliphatic rings. The number of hydrogen-bond donors (Lipinski definition) is 2. The lowest BCUT2D eigenvalue weighted by Crippen LogP contribution is -2.24. The summed E-state index contributed by atoms with van der Waals surface area (Å²) < 4.78 is 28.1. The van der Waals surface area contributed by atoms with Crippen molar-refractivity contribution in [2.75, 3.05) is 22.7 Å². The first kappa shape index (κ1) is 19.3. The highest BCUT2D eigenvalue weighted by Gasteiger charge is 2.18. The highest BCUT2D eigenvalue weighted by Crippen LogP contribution is 2.26. The van der Waals surface area contributed by atoms with Gasteiger partial charge >= 0.3 is 5.97 Å². The largest absolute Gasteiger partial charge is 0.478 e. The summed E-state index contributed by atoms with van der Waals surface area (Å²) in [4.78, 5) is 13.6. The fourth-order valence-electron chi connectivity index (χ4n) is 2.44. The number of hydrogen-bond acceptors (Lipinski definition) is 4. The van der Waals surface area contributed by atoms with Crippen molar-refractivity contribution in [2.45, 2.75) is 18.7 Å². The first-order chi connectivity index (χ1) is 11.8. The minimum absolute atomic E-state index is 0.0553. The lowest BCUT2D eigenvalue weighted by Gasteiger charge is -2.23. The van der Waals surface area contributed by atoms with E-state index in [2.05, 4.69) is 20.7 Å². The number of benzene rings is 2. The van der Waals surface area contributed by atoms with E-state index in [1.165, 1.54) is 18.2 Å². The van der Waals surface area contributed by atoms with Gasteiger partial charge in [0.05, 0.1) is 16.1 Å². The fourth-order valence-corrected chi connectivity index (χ4v) is 3.75. The predicted molar refractivity (Wildman–Crippen MR) is 102 cm³/mol. The molecule has 0 amide bonds. The van der Waals surface area contributed by atoms with E-state index in [-0.39, 0.29) is 16.1 Å². The maximum atomic E-state index is 12.4. The van der Waals surface area contributed by atoms with E-state index < -0.39 is 16.0 Å². The van der Waals surface area contributed by atoms with Crippen LogP contribution in [0.1, 0.15) is 24.2 Å². The topological polar surface area (TPSA) is 86.7 Å². The van der Waals surface area contributed by atoms with E-state index >= 15 is 0 Å². The molecule has 0 aromatic heterocycles. The van der Waals surface area contributed by atoms with Gasteiger partial charge in [-0.05, 0) is 56.3 Å². The van der Waals surface area contributed by atoms with E-state index in [1.807, 2.05) is 18.7 Å². The molecule has 0 saturated heterocycles. The first-order valence-corrected chi connectivity index (χ1v) is 9.96. The Kier molecular flexibility index (Phi) is 6.07. The van der Waals surface area contributed by atoms with Crippen molar-refractivity contribution in [1.29, 1.82) is 0 Å². The van der Waals surface area contributed by atoms with Crippen molar-refractivity contribution >= 4 is 43.3 Å².